The fraction of sp³-hybridized carbons (Fsp3) is 0.300. The van der Waals surface area contributed by atoms with Crippen LogP contribution in [0.2, 0.25) is 0 Å². The minimum absolute atomic E-state index is 0.130. The molecule has 16 heavy (non-hydrogen) atoms. The molecule has 0 bridgehead atoms. The van der Waals surface area contributed by atoms with Gasteiger partial charge in [-0.25, -0.2) is 0 Å². The molecule has 0 saturated carbocycles. The van der Waals surface area contributed by atoms with E-state index in [1.807, 2.05) is 0 Å². The van der Waals surface area contributed by atoms with Gasteiger partial charge >= 0.3 is 5.08 Å². The first-order valence-electron chi connectivity index (χ1n) is 4.52. The normalized spacial score (nSPS) is 9.31. The van der Waals surface area contributed by atoms with Gasteiger partial charge in [0.05, 0.1) is 12.8 Å². The van der Waals surface area contributed by atoms with Gasteiger partial charge in [0.15, 0.2) is 6.54 Å². The van der Waals surface area contributed by atoms with Crippen LogP contribution in [-0.2, 0) is 6.54 Å². The number of ether oxygens (including phenoxy) is 1. The number of nitrogens with zero attached hydrogens (tertiary/aromatic N) is 3. The topological polar surface area (TPSA) is 70.8 Å². The molecule has 1 aromatic heterocycles. The third-order valence-electron chi connectivity index (χ3n) is 1.93. The third kappa shape index (κ3) is 2.60. The Bertz CT molecular complexity index is 487. The van der Waals surface area contributed by atoms with E-state index in [4.69, 9.17) is 14.5 Å². The largest absolute Gasteiger partial charge is 0.490 e. The number of rotatable bonds is 4. The summed E-state index contributed by atoms with van der Waals surface area (Å²) in [6, 6.07) is 1.28. The summed E-state index contributed by atoms with van der Waals surface area (Å²) < 4.78 is 9.90. The minimum atomic E-state index is -0.289. The van der Waals surface area contributed by atoms with Crippen molar-refractivity contribution in [3.63, 3.8) is 0 Å². The Morgan fingerprint density at radius 1 is 1.75 bits per heavy atom. The zero-order valence-electron chi connectivity index (χ0n) is 9.14. The second-order valence-electron chi connectivity index (χ2n) is 3.16. The molecule has 0 atom stereocenters. The maximum atomic E-state index is 11.4. The van der Waals surface area contributed by atoms with Crippen LogP contribution in [0.4, 0.5) is 0 Å². The van der Waals surface area contributed by atoms with Gasteiger partial charge in [0.1, 0.15) is 12.0 Å². The molecule has 0 spiro atoms. The predicted molar refractivity (Wildman–Crippen MR) is 57.0 cm³/mol. The molecule has 0 aliphatic rings. The van der Waals surface area contributed by atoms with Crippen LogP contribution in [0.1, 0.15) is 12.7 Å². The minimum Gasteiger partial charge on any atom is -0.490 e. The van der Waals surface area contributed by atoms with E-state index in [1.54, 1.807) is 6.92 Å². The zero-order valence-corrected chi connectivity index (χ0v) is 9.14. The maximum absolute atomic E-state index is 11.4. The Kier molecular flexibility index (Phi) is 3.67. The summed E-state index contributed by atoms with van der Waals surface area (Å²) in [6.07, 6.45) is 1.21. The average molecular weight is 222 g/mol. The highest BCUT2D eigenvalue weighted by Crippen LogP contribution is 2.11. The van der Waals surface area contributed by atoms with Crippen molar-refractivity contribution in [3.05, 3.63) is 45.7 Å². The zero-order chi connectivity index (χ0) is 12.1. The second-order valence-corrected chi connectivity index (χ2v) is 3.16. The predicted octanol–water partition coefficient (Wildman–Crippen LogP) is 1.75. The first-order chi connectivity index (χ1) is 7.58. The molecule has 0 unspecified atom stereocenters. The fourth-order valence-corrected chi connectivity index (χ4v) is 1.06. The molecule has 1 heterocycles. The Hall–Kier alpha value is -2.29. The van der Waals surface area contributed by atoms with E-state index in [-0.39, 0.29) is 17.7 Å². The summed E-state index contributed by atoms with van der Waals surface area (Å²) in [7, 11) is 1.38. The summed E-state index contributed by atoms with van der Waals surface area (Å²) in [5.41, 5.74) is 0.240. The molecular weight excluding hydrogens is 210 g/mol. The highest BCUT2D eigenvalue weighted by atomic mass is 16.5. The van der Waals surface area contributed by atoms with E-state index in [0.717, 1.165) is 0 Å². The van der Waals surface area contributed by atoms with Crippen molar-refractivity contribution in [2.45, 2.75) is 13.5 Å². The quantitative estimate of drug-likeness (QED) is 0.573. The molecule has 0 amide bonds. The van der Waals surface area contributed by atoms with Crippen LogP contribution in [-0.4, -0.2) is 12.1 Å². The molecule has 6 heteroatoms. The maximum Gasteiger partial charge on any atom is 0.310 e. The Labute approximate surface area is 92.3 Å². The van der Waals surface area contributed by atoms with Crippen LogP contribution in [0.25, 0.3) is 5.08 Å². The van der Waals surface area contributed by atoms with Crippen LogP contribution in [0.3, 0.4) is 0 Å². The van der Waals surface area contributed by atoms with Gasteiger partial charge in [0.2, 0.25) is 11.2 Å². The van der Waals surface area contributed by atoms with Crippen molar-refractivity contribution >= 4 is 0 Å². The molecule has 0 aliphatic heterocycles. The number of allylic oxidation sites excluding steroid dienone is 1. The van der Waals surface area contributed by atoms with Crippen LogP contribution >= 0.6 is 0 Å². The van der Waals surface area contributed by atoms with Gasteiger partial charge in [-0.1, -0.05) is 6.58 Å². The molecule has 6 nitrogen and oxygen atoms in total. The van der Waals surface area contributed by atoms with Crippen molar-refractivity contribution < 1.29 is 9.15 Å². The Morgan fingerprint density at radius 2 is 2.44 bits per heavy atom. The number of hydrogen-bond acceptors (Lipinski definition) is 5. The molecule has 0 N–H and O–H groups in total. The van der Waals surface area contributed by atoms with E-state index >= 15 is 0 Å². The first-order valence-corrected chi connectivity index (χ1v) is 4.52. The summed E-state index contributed by atoms with van der Waals surface area (Å²) in [5.74, 6) is 0.484. The Morgan fingerprint density at radius 3 is 2.88 bits per heavy atom. The fourth-order valence-electron chi connectivity index (χ4n) is 1.06. The monoisotopic (exact) mass is 222 g/mol. The van der Waals surface area contributed by atoms with Crippen LogP contribution in [0.15, 0.2) is 33.8 Å². The van der Waals surface area contributed by atoms with Crippen molar-refractivity contribution in [2.75, 3.05) is 7.11 Å². The van der Waals surface area contributed by atoms with E-state index in [9.17, 15) is 4.79 Å². The van der Waals surface area contributed by atoms with E-state index in [2.05, 4.69) is 11.7 Å². The lowest BCUT2D eigenvalue weighted by Crippen LogP contribution is -2.13. The van der Waals surface area contributed by atoms with Gasteiger partial charge in [0.25, 0.3) is 5.39 Å². The number of hydrogen-bond donors (Lipinski definition) is 0. The first kappa shape index (κ1) is 11.8. The molecule has 84 valence electrons. The van der Waals surface area contributed by atoms with Crippen LogP contribution in [0.5, 0.6) is 5.75 Å². The molecule has 0 fully saturated rings. The number of methoxy groups -OCH3 is 1. The summed E-state index contributed by atoms with van der Waals surface area (Å²) >= 11 is 0. The van der Waals surface area contributed by atoms with Crippen molar-refractivity contribution in [1.82, 2.24) is 5.01 Å². The van der Waals surface area contributed by atoms with Crippen molar-refractivity contribution in [3.8, 4) is 5.75 Å². The smallest absolute Gasteiger partial charge is 0.310 e. The molecule has 0 aromatic carbocycles. The van der Waals surface area contributed by atoms with Crippen LogP contribution in [0, 0.1) is 5.39 Å². The lowest BCUT2D eigenvalue weighted by molar-refractivity contribution is 0.347. The standard InChI is InChI=1S/C10H12N3O3/c1-7(2)13(12-11)5-8-4-9(14)10(15-3)6-16-8/h4,6H,1,5H2,2-3H3/q+1. The SMILES string of the molecule is C=C(C)N(Cc1cc(=O)c(OC)co1)[N+]#N. The van der Waals surface area contributed by atoms with Gasteiger partial charge in [0, 0.05) is 11.1 Å². The molecule has 0 radical (unpaired) electrons. The van der Waals surface area contributed by atoms with Gasteiger partial charge < -0.3 is 9.15 Å². The summed E-state index contributed by atoms with van der Waals surface area (Å²) in [4.78, 5) is 11.4. The van der Waals surface area contributed by atoms with Gasteiger partial charge in [-0.2, -0.15) is 0 Å². The molecular formula is C10H12N3O3+. The van der Waals surface area contributed by atoms with Crippen molar-refractivity contribution in [1.29, 1.82) is 5.39 Å². The highest BCUT2D eigenvalue weighted by Gasteiger charge is 2.17. The summed E-state index contributed by atoms with van der Waals surface area (Å²) in [6.45, 7) is 5.40. The van der Waals surface area contributed by atoms with Gasteiger partial charge in [-0.05, 0) is 6.92 Å². The van der Waals surface area contributed by atoms with Crippen LogP contribution < -0.4 is 10.2 Å². The molecule has 1 rings (SSSR count). The third-order valence-corrected chi connectivity index (χ3v) is 1.93. The van der Waals surface area contributed by atoms with Crippen molar-refractivity contribution in [2.24, 2.45) is 0 Å². The average Bonchev–Trinajstić information content (AvgIpc) is 2.25. The van der Waals surface area contributed by atoms with Gasteiger partial charge in [-0.15, -0.1) is 0 Å². The van der Waals surface area contributed by atoms with Gasteiger partial charge in [-0.3, -0.25) is 4.79 Å². The molecule has 1 aromatic rings. The molecule has 0 aliphatic carbocycles. The summed E-state index contributed by atoms with van der Waals surface area (Å²) in [5, 5.41) is 12.9. The van der Waals surface area contributed by atoms with E-state index in [0.29, 0.717) is 11.5 Å². The van der Waals surface area contributed by atoms with E-state index in [1.165, 1.54) is 24.4 Å². The Balaban J connectivity index is 2.91. The highest BCUT2D eigenvalue weighted by molar-refractivity contribution is 5.17. The second kappa shape index (κ2) is 4.98. The van der Waals surface area contributed by atoms with E-state index < -0.39 is 0 Å². The lowest BCUT2D eigenvalue weighted by atomic mass is 10.3. The number of diazo groups is 1. The lowest BCUT2D eigenvalue weighted by Gasteiger charge is -2.03. The molecule has 0 saturated heterocycles.